The topological polar surface area (TPSA) is 85.7 Å². The zero-order chi connectivity index (χ0) is 25.5. The number of ether oxygens (including phenoxy) is 2. The van der Waals surface area contributed by atoms with Crippen molar-refractivity contribution in [3.8, 4) is 11.5 Å². The maximum Gasteiger partial charge on any atom is 0.242 e. The first-order chi connectivity index (χ1) is 17.5. The molecule has 8 nitrogen and oxygen atoms in total. The lowest BCUT2D eigenvalue weighted by molar-refractivity contribution is -0.133. The van der Waals surface area contributed by atoms with Crippen LogP contribution < -0.4 is 14.8 Å². The van der Waals surface area contributed by atoms with Gasteiger partial charge in [0.1, 0.15) is 12.4 Å². The van der Waals surface area contributed by atoms with Crippen LogP contribution in [-0.2, 0) is 29.0 Å². The first kappa shape index (κ1) is 25.5. The number of methoxy groups -OCH3 is 2. The van der Waals surface area contributed by atoms with Crippen LogP contribution in [0.5, 0.6) is 11.5 Å². The predicted molar refractivity (Wildman–Crippen MR) is 139 cm³/mol. The van der Waals surface area contributed by atoms with Crippen molar-refractivity contribution in [1.82, 2.24) is 19.8 Å². The Morgan fingerprint density at radius 1 is 1.06 bits per heavy atom. The lowest BCUT2D eigenvalue weighted by Gasteiger charge is -2.31. The van der Waals surface area contributed by atoms with Gasteiger partial charge < -0.3 is 24.3 Å². The normalized spacial score (nSPS) is 14.0. The van der Waals surface area contributed by atoms with Crippen molar-refractivity contribution in [3.05, 3.63) is 53.9 Å². The Morgan fingerprint density at radius 3 is 2.56 bits per heavy atom. The Morgan fingerprint density at radius 2 is 1.81 bits per heavy atom. The number of amides is 2. The molecule has 2 aromatic carbocycles. The number of aromatic nitrogens is 2. The molecule has 1 saturated carbocycles. The number of fused-ring (bicyclic) bond motifs is 1. The molecular weight excluding hydrogens is 456 g/mol. The highest BCUT2D eigenvalue weighted by molar-refractivity contribution is 5.81. The van der Waals surface area contributed by atoms with E-state index in [1.807, 2.05) is 52.9 Å². The van der Waals surface area contributed by atoms with E-state index in [9.17, 15) is 9.59 Å². The second-order valence-electron chi connectivity index (χ2n) is 9.37. The predicted octanol–water partition coefficient (Wildman–Crippen LogP) is 3.75. The third kappa shape index (κ3) is 5.98. The molecule has 0 saturated heterocycles. The van der Waals surface area contributed by atoms with Crippen molar-refractivity contribution >= 4 is 22.8 Å². The molecule has 1 fully saturated rings. The number of para-hydroxylation sites is 2. The fraction of sp³-hybridized carbons (Fsp3) is 0.464. The number of benzene rings is 2. The van der Waals surface area contributed by atoms with Gasteiger partial charge >= 0.3 is 0 Å². The average Bonchev–Trinajstić information content (AvgIpc) is 3.25. The first-order valence-corrected chi connectivity index (χ1v) is 12.7. The van der Waals surface area contributed by atoms with E-state index in [-0.39, 0.29) is 24.8 Å². The molecule has 0 radical (unpaired) electrons. The minimum atomic E-state index is -0.0852. The van der Waals surface area contributed by atoms with Crippen LogP contribution in [0.2, 0.25) is 0 Å². The zero-order valence-corrected chi connectivity index (χ0v) is 21.5. The summed E-state index contributed by atoms with van der Waals surface area (Å²) in [4.78, 5) is 32.5. The number of carbonyl (C=O) groups is 2. The van der Waals surface area contributed by atoms with Gasteiger partial charge in [-0.05, 0) is 42.7 Å². The van der Waals surface area contributed by atoms with Gasteiger partial charge in [-0.2, -0.15) is 0 Å². The fourth-order valence-electron chi connectivity index (χ4n) is 4.96. The number of nitrogens with one attached hydrogen (secondary N) is 1. The van der Waals surface area contributed by atoms with E-state index in [0.717, 1.165) is 35.3 Å². The van der Waals surface area contributed by atoms with E-state index in [4.69, 9.17) is 14.5 Å². The highest BCUT2D eigenvalue weighted by Gasteiger charge is 2.23. The Hall–Kier alpha value is -3.55. The number of carbonyl (C=O) groups excluding carboxylic acids is 2. The van der Waals surface area contributed by atoms with Gasteiger partial charge in [-0.1, -0.05) is 37.5 Å². The summed E-state index contributed by atoms with van der Waals surface area (Å²) in [6.45, 7) is 0.685. The molecule has 0 bridgehead atoms. The molecule has 2 amide bonds. The van der Waals surface area contributed by atoms with E-state index in [1.165, 1.54) is 19.3 Å². The van der Waals surface area contributed by atoms with Gasteiger partial charge in [0.25, 0.3) is 0 Å². The summed E-state index contributed by atoms with van der Waals surface area (Å²) in [5, 5.41) is 2.99. The van der Waals surface area contributed by atoms with Gasteiger partial charge in [-0.3, -0.25) is 9.59 Å². The molecule has 1 aromatic heterocycles. The van der Waals surface area contributed by atoms with Crippen molar-refractivity contribution in [3.63, 3.8) is 0 Å². The monoisotopic (exact) mass is 492 g/mol. The molecule has 1 aliphatic rings. The quantitative estimate of drug-likeness (QED) is 0.466. The molecule has 8 heteroatoms. The summed E-state index contributed by atoms with van der Waals surface area (Å²) in [5.41, 5.74) is 2.64. The number of hydrogen-bond acceptors (Lipinski definition) is 5. The Kier molecular flexibility index (Phi) is 8.46. The van der Waals surface area contributed by atoms with E-state index in [1.54, 1.807) is 20.3 Å². The minimum Gasteiger partial charge on any atom is -0.493 e. The SMILES string of the molecule is COc1ccc(CC(=O)NCCc2nc3ccccc3n2CC(=O)N(C)C2CCCCC2)cc1OC. The fourth-order valence-corrected chi connectivity index (χ4v) is 4.96. The summed E-state index contributed by atoms with van der Waals surface area (Å²) in [7, 11) is 5.08. The van der Waals surface area contributed by atoms with Gasteiger partial charge in [0.2, 0.25) is 11.8 Å². The number of rotatable bonds is 10. The Bertz CT molecular complexity index is 1200. The third-order valence-corrected chi connectivity index (χ3v) is 7.03. The van der Waals surface area contributed by atoms with Crippen LogP contribution in [0, 0.1) is 0 Å². The maximum absolute atomic E-state index is 13.2. The Balaban J connectivity index is 1.39. The summed E-state index contributed by atoms with van der Waals surface area (Å²) < 4.78 is 12.6. The van der Waals surface area contributed by atoms with Crippen molar-refractivity contribution < 1.29 is 19.1 Å². The molecule has 1 aliphatic carbocycles. The van der Waals surface area contributed by atoms with Crippen LogP contribution in [0.4, 0.5) is 0 Å². The molecule has 3 aromatic rings. The summed E-state index contributed by atoms with van der Waals surface area (Å²) >= 11 is 0. The second-order valence-corrected chi connectivity index (χ2v) is 9.37. The molecule has 36 heavy (non-hydrogen) atoms. The molecule has 1 N–H and O–H groups in total. The first-order valence-electron chi connectivity index (χ1n) is 12.7. The zero-order valence-electron chi connectivity index (χ0n) is 21.5. The molecule has 4 rings (SSSR count). The molecule has 0 aliphatic heterocycles. The van der Waals surface area contributed by atoms with Crippen molar-refractivity contribution in [2.24, 2.45) is 0 Å². The largest absolute Gasteiger partial charge is 0.493 e. The average molecular weight is 493 g/mol. The van der Waals surface area contributed by atoms with Crippen LogP contribution in [-0.4, -0.2) is 60.1 Å². The van der Waals surface area contributed by atoms with Gasteiger partial charge in [0.15, 0.2) is 11.5 Å². The summed E-state index contributed by atoms with van der Waals surface area (Å²) in [6.07, 6.45) is 6.55. The van der Waals surface area contributed by atoms with Crippen LogP contribution >= 0.6 is 0 Å². The van der Waals surface area contributed by atoms with Gasteiger partial charge in [0, 0.05) is 26.1 Å². The van der Waals surface area contributed by atoms with E-state index in [0.29, 0.717) is 30.5 Å². The molecule has 0 spiro atoms. The minimum absolute atomic E-state index is 0.0852. The highest BCUT2D eigenvalue weighted by atomic mass is 16.5. The highest BCUT2D eigenvalue weighted by Crippen LogP contribution is 2.27. The molecule has 0 atom stereocenters. The molecule has 192 valence electrons. The number of nitrogens with zero attached hydrogens (tertiary/aromatic N) is 3. The van der Waals surface area contributed by atoms with Crippen molar-refractivity contribution in [1.29, 1.82) is 0 Å². The molecule has 1 heterocycles. The smallest absolute Gasteiger partial charge is 0.242 e. The molecule has 0 unspecified atom stereocenters. The van der Waals surface area contributed by atoms with E-state index < -0.39 is 0 Å². The number of imidazole rings is 1. The Labute approximate surface area is 212 Å². The van der Waals surface area contributed by atoms with Crippen LogP contribution in [0.3, 0.4) is 0 Å². The second kappa shape index (κ2) is 11.9. The van der Waals surface area contributed by atoms with Crippen molar-refractivity contribution in [2.45, 2.75) is 57.5 Å². The maximum atomic E-state index is 13.2. The van der Waals surface area contributed by atoms with Gasteiger partial charge in [0.05, 0.1) is 31.7 Å². The summed E-state index contributed by atoms with van der Waals surface area (Å²) in [5.74, 6) is 2.04. The van der Waals surface area contributed by atoms with Crippen LogP contribution in [0.1, 0.15) is 43.5 Å². The number of likely N-dealkylation sites (N-methyl/N-ethyl adjacent to an activating group) is 1. The lowest BCUT2D eigenvalue weighted by Crippen LogP contribution is -2.40. The van der Waals surface area contributed by atoms with Crippen molar-refractivity contribution in [2.75, 3.05) is 27.8 Å². The molecular formula is C28H36N4O4. The summed E-state index contributed by atoms with van der Waals surface area (Å²) in [6, 6.07) is 13.6. The third-order valence-electron chi connectivity index (χ3n) is 7.03. The number of hydrogen-bond donors (Lipinski definition) is 1. The standard InChI is InChI=1S/C28H36N4O4/c1-31(21-9-5-4-6-10-21)28(34)19-32-23-12-8-7-11-22(23)30-26(32)15-16-29-27(33)18-20-13-14-24(35-2)25(17-20)36-3/h7-8,11-14,17,21H,4-6,9-10,15-16,18-19H2,1-3H3,(H,29,33). The van der Waals surface area contributed by atoms with E-state index in [2.05, 4.69) is 5.32 Å². The van der Waals surface area contributed by atoms with Gasteiger partial charge in [-0.25, -0.2) is 4.98 Å². The van der Waals surface area contributed by atoms with E-state index >= 15 is 0 Å². The van der Waals surface area contributed by atoms with Crippen LogP contribution in [0.15, 0.2) is 42.5 Å². The van der Waals surface area contributed by atoms with Gasteiger partial charge in [-0.15, -0.1) is 0 Å². The lowest BCUT2D eigenvalue weighted by atomic mass is 9.94. The van der Waals surface area contributed by atoms with Crippen LogP contribution in [0.25, 0.3) is 11.0 Å².